The van der Waals surface area contributed by atoms with Crippen LogP contribution in [-0.4, -0.2) is 12.6 Å². The van der Waals surface area contributed by atoms with Crippen molar-refractivity contribution in [3.05, 3.63) is 75.4 Å². The molecule has 1 aliphatic carbocycles. The smallest absolute Gasteiger partial charge is 0.323 e. The van der Waals surface area contributed by atoms with Crippen LogP contribution in [0.25, 0.3) is 0 Å². The first-order valence-electron chi connectivity index (χ1n) is 8.37. The third kappa shape index (κ3) is 4.50. The van der Waals surface area contributed by atoms with Gasteiger partial charge in [-0.25, -0.2) is 0 Å². The van der Waals surface area contributed by atoms with Crippen LogP contribution in [0.2, 0.25) is 0 Å². The summed E-state index contributed by atoms with van der Waals surface area (Å²) in [5.41, 5.74) is 1.55. The Morgan fingerprint density at radius 3 is 2.68 bits per heavy atom. The molecule has 0 aliphatic heterocycles. The second kappa shape index (κ2) is 8.15. The van der Waals surface area contributed by atoms with Gasteiger partial charge in [-0.05, 0) is 65.6 Å². The van der Waals surface area contributed by atoms with Crippen molar-refractivity contribution < 1.29 is 14.3 Å². The summed E-state index contributed by atoms with van der Waals surface area (Å²) in [6.07, 6.45) is 5.58. The highest BCUT2D eigenvalue weighted by molar-refractivity contribution is 14.1. The second-order valence-electron chi connectivity index (χ2n) is 6.40. The van der Waals surface area contributed by atoms with Gasteiger partial charge >= 0.3 is 5.97 Å². The van der Waals surface area contributed by atoms with E-state index < -0.39 is 5.41 Å². The van der Waals surface area contributed by atoms with E-state index in [1.807, 2.05) is 67.6 Å². The predicted molar refractivity (Wildman–Crippen MR) is 106 cm³/mol. The van der Waals surface area contributed by atoms with Gasteiger partial charge in [0.2, 0.25) is 0 Å². The number of hydrogen-bond acceptors (Lipinski definition) is 3. The maximum Gasteiger partial charge on any atom is 0.323 e. The Balaban J connectivity index is 1.67. The number of rotatable bonds is 6. The molecule has 4 heteroatoms. The summed E-state index contributed by atoms with van der Waals surface area (Å²) in [6.45, 7) is 2.85. The quantitative estimate of drug-likeness (QED) is 0.268. The highest BCUT2D eigenvalue weighted by Gasteiger charge is 2.40. The van der Waals surface area contributed by atoms with E-state index >= 15 is 0 Å². The minimum Gasteiger partial charge on any atom is -0.425 e. The molecule has 0 spiro atoms. The zero-order valence-corrected chi connectivity index (χ0v) is 16.4. The van der Waals surface area contributed by atoms with Gasteiger partial charge in [0.15, 0.2) is 0 Å². The normalized spacial score (nSPS) is 19.1. The van der Waals surface area contributed by atoms with Crippen molar-refractivity contribution in [3.8, 4) is 5.75 Å². The lowest BCUT2D eigenvalue weighted by Gasteiger charge is -2.25. The van der Waals surface area contributed by atoms with Crippen LogP contribution < -0.4 is 4.74 Å². The van der Waals surface area contributed by atoms with Gasteiger partial charge in [0, 0.05) is 0 Å². The molecule has 1 aliphatic rings. The molecule has 0 N–H and O–H groups in total. The Kier molecular flexibility index (Phi) is 5.91. The van der Waals surface area contributed by atoms with Gasteiger partial charge < -0.3 is 9.47 Å². The molecule has 0 saturated heterocycles. The van der Waals surface area contributed by atoms with Gasteiger partial charge in [-0.2, -0.15) is 0 Å². The highest BCUT2D eigenvalue weighted by atomic mass is 127. The van der Waals surface area contributed by atoms with E-state index in [1.165, 1.54) is 0 Å². The van der Waals surface area contributed by atoms with Crippen LogP contribution in [-0.2, 0) is 16.1 Å². The van der Waals surface area contributed by atoms with Crippen LogP contribution in [0.3, 0.4) is 0 Å². The summed E-state index contributed by atoms with van der Waals surface area (Å²) in [5.74, 6) is 0.370. The summed E-state index contributed by atoms with van der Waals surface area (Å²) in [5, 5.41) is 0. The minimum absolute atomic E-state index is 0.240. The van der Waals surface area contributed by atoms with E-state index in [9.17, 15) is 4.79 Å². The van der Waals surface area contributed by atoms with Crippen molar-refractivity contribution in [3.63, 3.8) is 0 Å². The zero-order chi connectivity index (χ0) is 17.7. The third-order valence-electron chi connectivity index (χ3n) is 4.36. The molecule has 3 rings (SSSR count). The number of ether oxygens (including phenoxy) is 2. The van der Waals surface area contributed by atoms with Crippen LogP contribution in [0.15, 0.2) is 60.7 Å². The Bertz CT molecular complexity index is 770. The first-order chi connectivity index (χ1) is 12.1. The molecule has 0 heterocycles. The van der Waals surface area contributed by atoms with Crippen LogP contribution in [0.1, 0.15) is 24.0 Å². The third-order valence-corrected chi connectivity index (χ3v) is 5.20. The Hall–Kier alpha value is -1.66. The number of hydrogen-bond donors (Lipinski definition) is 0. The van der Waals surface area contributed by atoms with E-state index in [0.29, 0.717) is 19.0 Å². The first-order valence-corrected chi connectivity index (χ1v) is 9.45. The Labute approximate surface area is 162 Å². The van der Waals surface area contributed by atoms with E-state index in [2.05, 4.69) is 22.6 Å². The molecule has 0 amide bonds. The van der Waals surface area contributed by atoms with Crippen LogP contribution in [0.5, 0.6) is 5.75 Å². The minimum atomic E-state index is -0.692. The SMILES string of the molecule is Cc1ccc(OC(=O)[C@@]2(COCc3ccccc3)C=CCC2)c(I)c1. The van der Waals surface area contributed by atoms with E-state index in [4.69, 9.17) is 9.47 Å². The van der Waals surface area contributed by atoms with Crippen molar-refractivity contribution in [2.45, 2.75) is 26.4 Å². The topological polar surface area (TPSA) is 35.5 Å². The average Bonchev–Trinajstić information content (AvgIpc) is 3.08. The van der Waals surface area contributed by atoms with Crippen molar-refractivity contribution in [2.24, 2.45) is 5.41 Å². The molecule has 0 radical (unpaired) electrons. The maximum absolute atomic E-state index is 12.9. The summed E-state index contributed by atoms with van der Waals surface area (Å²) in [6, 6.07) is 15.8. The van der Waals surface area contributed by atoms with Crippen LogP contribution >= 0.6 is 22.6 Å². The molecule has 3 nitrogen and oxygen atoms in total. The largest absolute Gasteiger partial charge is 0.425 e. The summed E-state index contributed by atoms with van der Waals surface area (Å²) < 4.78 is 12.5. The molecule has 25 heavy (non-hydrogen) atoms. The lowest BCUT2D eigenvalue weighted by molar-refractivity contribution is -0.146. The average molecular weight is 448 g/mol. The summed E-state index contributed by atoms with van der Waals surface area (Å²) in [7, 11) is 0. The van der Waals surface area contributed by atoms with Gasteiger partial charge in [0.1, 0.15) is 11.2 Å². The van der Waals surface area contributed by atoms with Gasteiger partial charge in [0.25, 0.3) is 0 Å². The molecule has 1 atom stereocenters. The van der Waals surface area contributed by atoms with Gasteiger partial charge in [-0.15, -0.1) is 0 Å². The molecule has 0 bridgehead atoms. The number of carbonyl (C=O) groups is 1. The number of halogens is 1. The maximum atomic E-state index is 12.9. The highest BCUT2D eigenvalue weighted by Crippen LogP contribution is 2.35. The number of aryl methyl sites for hydroxylation is 1. The monoisotopic (exact) mass is 448 g/mol. The van der Waals surface area contributed by atoms with Crippen molar-refractivity contribution >= 4 is 28.6 Å². The number of allylic oxidation sites excluding steroid dienone is 1. The van der Waals surface area contributed by atoms with Crippen LogP contribution in [0, 0.1) is 15.9 Å². The van der Waals surface area contributed by atoms with Gasteiger partial charge in [-0.1, -0.05) is 48.6 Å². The summed E-state index contributed by atoms with van der Waals surface area (Å²) in [4.78, 5) is 12.9. The van der Waals surface area contributed by atoms with Crippen molar-refractivity contribution in [1.29, 1.82) is 0 Å². The molecule has 0 aromatic heterocycles. The Morgan fingerprint density at radius 1 is 1.20 bits per heavy atom. The van der Waals surface area contributed by atoms with E-state index in [-0.39, 0.29) is 5.97 Å². The fraction of sp³-hybridized carbons (Fsp3) is 0.286. The zero-order valence-electron chi connectivity index (χ0n) is 14.2. The fourth-order valence-corrected chi connectivity index (χ4v) is 3.68. The summed E-state index contributed by atoms with van der Waals surface area (Å²) >= 11 is 2.20. The standard InChI is InChI=1S/C21H21IO3/c1-16-9-10-19(18(22)13-16)25-20(23)21(11-5-6-12-21)15-24-14-17-7-3-2-4-8-17/h2-5,7-11,13H,6,12,14-15H2,1H3/t21-/m0/s1. The predicted octanol–water partition coefficient (Wildman–Crippen LogP) is 5.06. The molecule has 130 valence electrons. The van der Waals surface area contributed by atoms with Crippen molar-refractivity contribution in [1.82, 2.24) is 0 Å². The lowest BCUT2D eigenvalue weighted by Crippen LogP contribution is -2.36. The number of esters is 1. The Morgan fingerprint density at radius 2 is 2.00 bits per heavy atom. The molecule has 0 saturated carbocycles. The molecule has 0 fully saturated rings. The van der Waals surface area contributed by atoms with E-state index in [0.717, 1.165) is 27.5 Å². The molecule has 0 unspecified atom stereocenters. The second-order valence-corrected chi connectivity index (χ2v) is 7.56. The fourth-order valence-electron chi connectivity index (χ4n) is 2.90. The molecular formula is C21H21IO3. The van der Waals surface area contributed by atoms with E-state index in [1.54, 1.807) is 0 Å². The molecule has 2 aromatic carbocycles. The molecular weight excluding hydrogens is 427 g/mol. The van der Waals surface area contributed by atoms with Crippen LogP contribution in [0.4, 0.5) is 0 Å². The number of benzene rings is 2. The van der Waals surface area contributed by atoms with Gasteiger partial charge in [0.05, 0.1) is 16.8 Å². The number of carbonyl (C=O) groups excluding carboxylic acids is 1. The lowest BCUT2D eigenvalue weighted by atomic mass is 9.88. The molecule has 2 aromatic rings. The van der Waals surface area contributed by atoms with Gasteiger partial charge in [-0.3, -0.25) is 4.79 Å². The van der Waals surface area contributed by atoms with Crippen molar-refractivity contribution in [2.75, 3.05) is 6.61 Å². The first kappa shape index (κ1) is 18.1.